The van der Waals surface area contributed by atoms with Crippen LogP contribution in [0.3, 0.4) is 0 Å². The zero-order chi connectivity index (χ0) is 21.6. The maximum atomic E-state index is 12.7. The normalized spacial score (nSPS) is 12.9. The Morgan fingerprint density at radius 2 is 1.97 bits per heavy atom. The predicted octanol–water partition coefficient (Wildman–Crippen LogP) is 3.77. The van der Waals surface area contributed by atoms with Crippen LogP contribution in [0.2, 0.25) is 5.15 Å². The third-order valence-electron chi connectivity index (χ3n) is 4.74. The van der Waals surface area contributed by atoms with Gasteiger partial charge in [0.05, 0.1) is 24.4 Å². The summed E-state index contributed by atoms with van der Waals surface area (Å²) < 4.78 is 16.4. The van der Waals surface area contributed by atoms with Crippen LogP contribution in [0.4, 0.5) is 4.79 Å². The van der Waals surface area contributed by atoms with Crippen molar-refractivity contribution in [2.24, 2.45) is 0 Å². The number of fused-ring (bicyclic) bond motifs is 1. The molecular weight excluding hydrogens is 420 g/mol. The number of aromatic nitrogens is 3. The van der Waals surface area contributed by atoms with E-state index in [1.54, 1.807) is 36.4 Å². The molecule has 160 valence electrons. The van der Waals surface area contributed by atoms with Gasteiger partial charge in [-0.05, 0) is 24.3 Å². The van der Waals surface area contributed by atoms with Crippen molar-refractivity contribution in [3.8, 4) is 23.0 Å². The second kappa shape index (κ2) is 9.72. The molecule has 1 aromatic carbocycles. The summed E-state index contributed by atoms with van der Waals surface area (Å²) in [7, 11) is 1.60. The average Bonchev–Trinajstić information content (AvgIpc) is 2.80. The van der Waals surface area contributed by atoms with Crippen LogP contribution in [-0.4, -0.2) is 52.8 Å². The molecule has 1 aliphatic rings. The first kappa shape index (κ1) is 21.0. The standard InChI is InChI=1S/C22H21ClN4O4/c1-29-11-12-30-21-17-14-27(22(28)31-16-5-3-2-4-6-16)10-9-18(17)25-20(26-21)15-7-8-19(23)24-13-15/h2-8,13H,9-12,14H2,1H3. The van der Waals surface area contributed by atoms with Crippen LogP contribution in [0, 0.1) is 0 Å². The smallest absolute Gasteiger partial charge is 0.415 e. The summed E-state index contributed by atoms with van der Waals surface area (Å²) in [6.07, 6.45) is 1.75. The summed E-state index contributed by atoms with van der Waals surface area (Å²) in [5.41, 5.74) is 2.32. The summed E-state index contributed by atoms with van der Waals surface area (Å²) in [6.45, 7) is 1.51. The Labute approximate surface area is 184 Å². The number of ether oxygens (including phenoxy) is 3. The van der Waals surface area contributed by atoms with E-state index in [0.29, 0.717) is 55.3 Å². The number of nitrogens with zero attached hydrogens (tertiary/aromatic N) is 4. The molecule has 0 atom stereocenters. The number of hydrogen-bond donors (Lipinski definition) is 0. The van der Waals surface area contributed by atoms with Crippen molar-refractivity contribution in [1.82, 2.24) is 19.9 Å². The van der Waals surface area contributed by atoms with Crippen LogP contribution in [0.5, 0.6) is 11.6 Å². The van der Waals surface area contributed by atoms with Gasteiger partial charge in [-0.15, -0.1) is 0 Å². The Morgan fingerprint density at radius 3 is 2.71 bits per heavy atom. The van der Waals surface area contributed by atoms with E-state index in [1.165, 1.54) is 0 Å². The monoisotopic (exact) mass is 440 g/mol. The van der Waals surface area contributed by atoms with Gasteiger partial charge in [0, 0.05) is 31.8 Å². The number of benzene rings is 1. The van der Waals surface area contributed by atoms with Crippen LogP contribution in [0.15, 0.2) is 48.7 Å². The van der Waals surface area contributed by atoms with Crippen molar-refractivity contribution in [3.63, 3.8) is 0 Å². The Bertz CT molecular complexity index is 1050. The molecule has 2 aromatic heterocycles. The molecule has 0 aliphatic carbocycles. The minimum atomic E-state index is -0.425. The molecule has 1 amide bonds. The minimum absolute atomic E-state index is 0.294. The lowest BCUT2D eigenvalue weighted by Gasteiger charge is -2.28. The van der Waals surface area contributed by atoms with Gasteiger partial charge in [-0.1, -0.05) is 29.8 Å². The van der Waals surface area contributed by atoms with Gasteiger partial charge in [0.25, 0.3) is 0 Å². The van der Waals surface area contributed by atoms with E-state index >= 15 is 0 Å². The number of halogens is 1. The fraction of sp³-hybridized carbons (Fsp3) is 0.273. The number of para-hydroxylation sites is 1. The molecule has 0 radical (unpaired) electrons. The third-order valence-corrected chi connectivity index (χ3v) is 4.96. The molecule has 4 rings (SSSR count). The van der Waals surface area contributed by atoms with Crippen molar-refractivity contribution >= 4 is 17.7 Å². The zero-order valence-corrected chi connectivity index (χ0v) is 17.7. The van der Waals surface area contributed by atoms with E-state index in [-0.39, 0.29) is 0 Å². The molecule has 0 spiro atoms. The SMILES string of the molecule is COCCOc1nc(-c2ccc(Cl)nc2)nc2c1CN(C(=O)Oc1ccccc1)CC2. The van der Waals surface area contributed by atoms with Gasteiger partial charge in [0.15, 0.2) is 5.82 Å². The number of methoxy groups -OCH3 is 1. The van der Waals surface area contributed by atoms with E-state index in [0.717, 1.165) is 16.8 Å². The molecule has 3 aromatic rings. The van der Waals surface area contributed by atoms with E-state index in [2.05, 4.69) is 9.97 Å². The summed E-state index contributed by atoms with van der Waals surface area (Å²) in [4.78, 5) is 27.7. The summed E-state index contributed by atoms with van der Waals surface area (Å²) in [5, 5.41) is 0.394. The maximum Gasteiger partial charge on any atom is 0.415 e. The third kappa shape index (κ3) is 5.10. The quantitative estimate of drug-likeness (QED) is 0.426. The summed E-state index contributed by atoms with van der Waals surface area (Å²) >= 11 is 5.89. The highest BCUT2D eigenvalue weighted by Gasteiger charge is 2.28. The highest BCUT2D eigenvalue weighted by atomic mass is 35.5. The van der Waals surface area contributed by atoms with Crippen LogP contribution in [0.25, 0.3) is 11.4 Å². The number of hydrogen-bond acceptors (Lipinski definition) is 7. The van der Waals surface area contributed by atoms with Crippen molar-refractivity contribution in [2.45, 2.75) is 13.0 Å². The van der Waals surface area contributed by atoms with Gasteiger partial charge in [-0.2, -0.15) is 4.98 Å². The van der Waals surface area contributed by atoms with E-state index in [1.807, 2.05) is 24.3 Å². The summed E-state index contributed by atoms with van der Waals surface area (Å²) in [5.74, 6) is 1.41. The topological polar surface area (TPSA) is 86.7 Å². The lowest BCUT2D eigenvalue weighted by molar-refractivity contribution is 0.136. The summed E-state index contributed by atoms with van der Waals surface area (Å²) in [6, 6.07) is 12.5. The molecule has 8 nitrogen and oxygen atoms in total. The molecule has 0 N–H and O–H groups in total. The van der Waals surface area contributed by atoms with Gasteiger partial charge < -0.3 is 19.1 Å². The van der Waals surface area contributed by atoms with E-state index in [9.17, 15) is 4.79 Å². The van der Waals surface area contributed by atoms with Gasteiger partial charge in [0.2, 0.25) is 5.88 Å². The Balaban J connectivity index is 1.59. The van der Waals surface area contributed by atoms with E-state index < -0.39 is 6.09 Å². The molecule has 31 heavy (non-hydrogen) atoms. The Morgan fingerprint density at radius 1 is 1.13 bits per heavy atom. The van der Waals surface area contributed by atoms with Crippen molar-refractivity contribution < 1.29 is 19.0 Å². The van der Waals surface area contributed by atoms with Gasteiger partial charge in [-0.25, -0.2) is 14.8 Å². The maximum absolute atomic E-state index is 12.7. The first-order chi connectivity index (χ1) is 15.1. The second-order valence-electron chi connectivity index (χ2n) is 6.84. The van der Waals surface area contributed by atoms with Crippen molar-refractivity contribution in [2.75, 3.05) is 26.9 Å². The molecule has 0 saturated heterocycles. The molecule has 0 unspecified atom stereocenters. The molecule has 1 aliphatic heterocycles. The molecule has 0 bridgehead atoms. The number of carbonyl (C=O) groups is 1. The van der Waals surface area contributed by atoms with Crippen LogP contribution < -0.4 is 9.47 Å². The highest BCUT2D eigenvalue weighted by molar-refractivity contribution is 6.29. The highest BCUT2D eigenvalue weighted by Crippen LogP contribution is 2.29. The number of amides is 1. The first-order valence-corrected chi connectivity index (χ1v) is 10.2. The lowest BCUT2D eigenvalue weighted by Crippen LogP contribution is -2.38. The lowest BCUT2D eigenvalue weighted by atomic mass is 10.1. The molecule has 0 saturated carbocycles. The Hall–Kier alpha value is -3.23. The number of pyridine rings is 1. The van der Waals surface area contributed by atoms with Gasteiger partial charge in [-0.3, -0.25) is 0 Å². The van der Waals surface area contributed by atoms with Gasteiger partial charge >= 0.3 is 6.09 Å². The number of carbonyl (C=O) groups excluding carboxylic acids is 1. The fourth-order valence-corrected chi connectivity index (χ4v) is 3.28. The van der Waals surface area contributed by atoms with Crippen LogP contribution >= 0.6 is 11.6 Å². The first-order valence-electron chi connectivity index (χ1n) is 9.79. The van der Waals surface area contributed by atoms with Crippen LogP contribution in [-0.2, 0) is 17.7 Å². The minimum Gasteiger partial charge on any atom is -0.475 e. The second-order valence-corrected chi connectivity index (χ2v) is 7.23. The number of rotatable bonds is 6. The van der Waals surface area contributed by atoms with Crippen LogP contribution in [0.1, 0.15) is 11.3 Å². The average molecular weight is 441 g/mol. The predicted molar refractivity (Wildman–Crippen MR) is 114 cm³/mol. The molecule has 0 fully saturated rings. The van der Waals surface area contributed by atoms with Gasteiger partial charge in [0.1, 0.15) is 17.5 Å². The molecular formula is C22H21ClN4O4. The van der Waals surface area contributed by atoms with Crippen molar-refractivity contribution in [1.29, 1.82) is 0 Å². The zero-order valence-electron chi connectivity index (χ0n) is 17.0. The van der Waals surface area contributed by atoms with E-state index in [4.69, 9.17) is 30.8 Å². The fourth-order valence-electron chi connectivity index (χ4n) is 3.17. The van der Waals surface area contributed by atoms with Crippen molar-refractivity contribution in [3.05, 3.63) is 65.1 Å². The largest absolute Gasteiger partial charge is 0.475 e. The molecule has 3 heterocycles. The Kier molecular flexibility index (Phi) is 6.59. The molecule has 9 heteroatoms.